The van der Waals surface area contributed by atoms with Gasteiger partial charge in [0.1, 0.15) is 11.2 Å². The van der Waals surface area contributed by atoms with Crippen LogP contribution in [-0.2, 0) is 0 Å². The molecule has 0 aromatic heterocycles. The first kappa shape index (κ1) is 9.44. The summed E-state index contributed by atoms with van der Waals surface area (Å²) in [5.41, 5.74) is 5.39. The van der Waals surface area contributed by atoms with Crippen molar-refractivity contribution in [2.45, 2.75) is 12.1 Å². The molecule has 0 aromatic rings. The third-order valence-corrected chi connectivity index (χ3v) is 1.90. The molecule has 1 heterocycles. The highest BCUT2D eigenvalue weighted by molar-refractivity contribution is 6.67. The van der Waals surface area contributed by atoms with E-state index in [0.717, 1.165) is 0 Å². The van der Waals surface area contributed by atoms with Gasteiger partial charge in [0, 0.05) is 4.92 Å². The molecule has 5 nitrogen and oxygen atoms in total. The molecule has 66 valence electrons. The number of nitro groups is 1. The third kappa shape index (κ3) is 1.74. The Labute approximate surface area is 78.0 Å². The van der Waals surface area contributed by atoms with Crippen LogP contribution in [0.25, 0.3) is 0 Å². The van der Waals surface area contributed by atoms with E-state index in [9.17, 15) is 10.1 Å². The predicted octanol–water partition coefficient (Wildman–Crippen LogP) is 0.690. The van der Waals surface area contributed by atoms with E-state index in [1.54, 1.807) is 0 Å². The SMILES string of the molecule is NC1C=C(Cl)N=C(Cl)C1[N+](=O)[O-]. The molecule has 2 atom stereocenters. The zero-order chi connectivity index (χ0) is 9.30. The van der Waals surface area contributed by atoms with Gasteiger partial charge in [0.25, 0.3) is 6.04 Å². The van der Waals surface area contributed by atoms with Gasteiger partial charge in [0.15, 0.2) is 5.17 Å². The molecule has 0 aromatic carbocycles. The highest BCUT2D eigenvalue weighted by atomic mass is 35.5. The van der Waals surface area contributed by atoms with Crippen LogP contribution in [-0.4, -0.2) is 22.2 Å². The molecule has 0 radical (unpaired) electrons. The van der Waals surface area contributed by atoms with Gasteiger partial charge in [-0.05, 0) is 6.08 Å². The minimum atomic E-state index is -1.17. The second-order valence-corrected chi connectivity index (χ2v) is 3.01. The first-order valence-corrected chi connectivity index (χ1v) is 3.78. The molecule has 12 heavy (non-hydrogen) atoms. The molecule has 1 aliphatic rings. The Hall–Kier alpha value is -0.650. The van der Waals surface area contributed by atoms with Crippen molar-refractivity contribution in [3.05, 3.63) is 21.3 Å². The van der Waals surface area contributed by atoms with Crippen LogP contribution in [0, 0.1) is 10.1 Å². The largest absolute Gasteiger partial charge is 0.318 e. The molecule has 0 spiro atoms. The maximum atomic E-state index is 10.4. The van der Waals surface area contributed by atoms with Crippen molar-refractivity contribution in [1.82, 2.24) is 0 Å². The normalized spacial score (nSPS) is 29.2. The van der Waals surface area contributed by atoms with Gasteiger partial charge in [-0.2, -0.15) is 0 Å². The summed E-state index contributed by atoms with van der Waals surface area (Å²) in [6, 6.07) is -1.98. The summed E-state index contributed by atoms with van der Waals surface area (Å²) in [7, 11) is 0. The average Bonchev–Trinajstić information content (AvgIpc) is 1.82. The van der Waals surface area contributed by atoms with Crippen LogP contribution >= 0.6 is 23.2 Å². The van der Waals surface area contributed by atoms with Crippen molar-refractivity contribution in [2.75, 3.05) is 0 Å². The van der Waals surface area contributed by atoms with Crippen molar-refractivity contribution in [3.63, 3.8) is 0 Å². The lowest BCUT2D eigenvalue weighted by atomic mass is 10.1. The summed E-state index contributed by atoms with van der Waals surface area (Å²) in [5, 5.41) is 10.3. The molecule has 1 aliphatic heterocycles. The van der Waals surface area contributed by atoms with Crippen LogP contribution in [0.15, 0.2) is 16.2 Å². The maximum absolute atomic E-state index is 10.4. The lowest BCUT2D eigenvalue weighted by Gasteiger charge is -2.15. The first-order chi connectivity index (χ1) is 5.52. The van der Waals surface area contributed by atoms with E-state index >= 15 is 0 Å². The number of hydrogen-bond donors (Lipinski definition) is 1. The second-order valence-electron chi connectivity index (χ2n) is 2.23. The fourth-order valence-corrected chi connectivity index (χ4v) is 1.44. The van der Waals surface area contributed by atoms with Gasteiger partial charge in [0.2, 0.25) is 0 Å². The molecule has 0 saturated carbocycles. The summed E-state index contributed by atoms with van der Waals surface area (Å²) in [6.07, 6.45) is 1.29. The molecule has 2 N–H and O–H groups in total. The second kappa shape index (κ2) is 3.38. The zero-order valence-electron chi connectivity index (χ0n) is 5.78. The molecular weight excluding hydrogens is 205 g/mol. The Kier molecular flexibility index (Phi) is 2.66. The van der Waals surface area contributed by atoms with Gasteiger partial charge in [-0.1, -0.05) is 23.2 Å². The minimum Gasteiger partial charge on any atom is -0.318 e. The standard InChI is InChI=1S/C5H5Cl2N3O2/c6-3-1-2(8)4(10(11)12)5(7)9-3/h1-2,4H,8H2. The molecule has 1 rings (SSSR count). The topological polar surface area (TPSA) is 81.5 Å². The Morgan fingerprint density at radius 1 is 1.67 bits per heavy atom. The number of nitrogens with two attached hydrogens (primary N) is 1. The van der Waals surface area contributed by atoms with Crippen molar-refractivity contribution in [1.29, 1.82) is 0 Å². The van der Waals surface area contributed by atoms with Crippen LogP contribution in [0.4, 0.5) is 0 Å². The summed E-state index contributed by atoms with van der Waals surface area (Å²) in [5.74, 6) is 0. The molecule has 7 heteroatoms. The van der Waals surface area contributed by atoms with E-state index in [1.165, 1.54) is 6.08 Å². The highest BCUT2D eigenvalue weighted by Crippen LogP contribution is 2.17. The first-order valence-electron chi connectivity index (χ1n) is 3.03. The van der Waals surface area contributed by atoms with Crippen LogP contribution in [0.5, 0.6) is 0 Å². The smallest absolute Gasteiger partial charge is 0.283 e. The van der Waals surface area contributed by atoms with E-state index < -0.39 is 17.0 Å². The molecule has 0 amide bonds. The molecular formula is C5H5Cl2N3O2. The van der Waals surface area contributed by atoms with Gasteiger partial charge in [-0.3, -0.25) is 10.1 Å². The number of aliphatic imine (C=N–C) groups is 1. The number of rotatable bonds is 1. The van der Waals surface area contributed by atoms with Gasteiger partial charge in [0.05, 0.1) is 0 Å². The van der Waals surface area contributed by atoms with Crippen molar-refractivity contribution in [3.8, 4) is 0 Å². The van der Waals surface area contributed by atoms with E-state index in [-0.39, 0.29) is 10.3 Å². The van der Waals surface area contributed by atoms with E-state index in [2.05, 4.69) is 4.99 Å². The van der Waals surface area contributed by atoms with Crippen LogP contribution in [0.2, 0.25) is 0 Å². The Morgan fingerprint density at radius 2 is 2.25 bits per heavy atom. The summed E-state index contributed by atoms with van der Waals surface area (Å²) < 4.78 is 0. The zero-order valence-corrected chi connectivity index (χ0v) is 7.29. The van der Waals surface area contributed by atoms with E-state index in [1.807, 2.05) is 0 Å². The monoisotopic (exact) mass is 209 g/mol. The third-order valence-electron chi connectivity index (χ3n) is 1.38. The van der Waals surface area contributed by atoms with E-state index in [0.29, 0.717) is 0 Å². The summed E-state index contributed by atoms with van der Waals surface area (Å²) in [6.45, 7) is 0. The predicted molar refractivity (Wildman–Crippen MR) is 46.0 cm³/mol. The maximum Gasteiger partial charge on any atom is 0.283 e. The lowest BCUT2D eigenvalue weighted by Crippen LogP contribution is -2.44. The Balaban J connectivity index is 2.94. The molecule has 0 saturated heterocycles. The molecule has 0 aliphatic carbocycles. The fourth-order valence-electron chi connectivity index (χ4n) is 0.842. The van der Waals surface area contributed by atoms with Crippen molar-refractivity contribution in [2.24, 2.45) is 10.7 Å². The van der Waals surface area contributed by atoms with Crippen molar-refractivity contribution >= 4 is 28.4 Å². The molecule has 2 unspecified atom stereocenters. The van der Waals surface area contributed by atoms with Gasteiger partial charge in [-0.25, -0.2) is 4.99 Å². The average molecular weight is 210 g/mol. The van der Waals surface area contributed by atoms with Crippen LogP contribution < -0.4 is 5.73 Å². The highest BCUT2D eigenvalue weighted by Gasteiger charge is 2.35. The lowest BCUT2D eigenvalue weighted by molar-refractivity contribution is -0.503. The number of halogens is 2. The van der Waals surface area contributed by atoms with E-state index in [4.69, 9.17) is 28.9 Å². The van der Waals surface area contributed by atoms with Crippen molar-refractivity contribution < 1.29 is 4.92 Å². The fraction of sp³-hybridized carbons (Fsp3) is 0.400. The molecule has 0 fully saturated rings. The Bertz CT molecular complexity index is 276. The Morgan fingerprint density at radius 3 is 2.67 bits per heavy atom. The molecule has 0 bridgehead atoms. The minimum absolute atomic E-state index is 0.0885. The van der Waals surface area contributed by atoms with Crippen LogP contribution in [0.1, 0.15) is 0 Å². The van der Waals surface area contributed by atoms with Crippen LogP contribution in [0.3, 0.4) is 0 Å². The quantitative estimate of drug-likeness (QED) is 0.392. The number of nitrogens with zero attached hydrogens (tertiary/aromatic N) is 2. The summed E-state index contributed by atoms with van der Waals surface area (Å²) in [4.78, 5) is 13.3. The van der Waals surface area contributed by atoms with Gasteiger partial charge in [-0.15, -0.1) is 0 Å². The summed E-state index contributed by atoms with van der Waals surface area (Å²) >= 11 is 10.9. The van der Waals surface area contributed by atoms with Gasteiger partial charge >= 0.3 is 0 Å². The van der Waals surface area contributed by atoms with Gasteiger partial charge < -0.3 is 5.73 Å². The number of hydrogen-bond acceptors (Lipinski definition) is 4.